The molecule has 0 aromatic carbocycles. The average Bonchev–Trinajstić information content (AvgIpc) is 2.38. The van der Waals surface area contributed by atoms with Gasteiger partial charge < -0.3 is 9.90 Å². The number of allylic oxidation sites excluding steroid dienone is 6. The molecule has 0 amide bonds. The lowest BCUT2D eigenvalue weighted by Crippen LogP contribution is -2.25. The van der Waals surface area contributed by atoms with Crippen molar-refractivity contribution in [1.29, 1.82) is 0 Å². The first-order valence-corrected chi connectivity index (χ1v) is 7.90. The van der Waals surface area contributed by atoms with Gasteiger partial charge in [0.1, 0.15) is 5.60 Å². The second-order valence-corrected chi connectivity index (χ2v) is 6.47. The molecule has 2 heteroatoms. The third-order valence-electron chi connectivity index (χ3n) is 3.52. The number of hydrogen-bond donors (Lipinski definition) is 1. The van der Waals surface area contributed by atoms with Crippen molar-refractivity contribution >= 4 is 6.29 Å². The highest BCUT2D eigenvalue weighted by atomic mass is 16.3. The van der Waals surface area contributed by atoms with Crippen LogP contribution in [0.2, 0.25) is 0 Å². The molecule has 21 heavy (non-hydrogen) atoms. The topological polar surface area (TPSA) is 37.3 Å². The van der Waals surface area contributed by atoms with E-state index >= 15 is 0 Å². The molecular weight excluding hydrogens is 260 g/mol. The van der Waals surface area contributed by atoms with E-state index in [2.05, 4.69) is 45.9 Å². The fourth-order valence-corrected chi connectivity index (χ4v) is 2.01. The zero-order chi connectivity index (χ0) is 16.3. The summed E-state index contributed by atoms with van der Waals surface area (Å²) in [5.74, 6) is 0. The molecule has 0 bridgehead atoms. The summed E-state index contributed by atoms with van der Waals surface area (Å²) in [7, 11) is 0. The molecule has 0 spiro atoms. The van der Waals surface area contributed by atoms with Gasteiger partial charge in [0.25, 0.3) is 0 Å². The van der Waals surface area contributed by atoms with Crippen LogP contribution in [0.15, 0.2) is 34.9 Å². The van der Waals surface area contributed by atoms with Crippen molar-refractivity contribution < 1.29 is 9.90 Å². The highest BCUT2D eigenvalue weighted by molar-refractivity contribution is 5.61. The summed E-state index contributed by atoms with van der Waals surface area (Å²) in [6.07, 6.45) is 13.0. The van der Waals surface area contributed by atoms with Crippen molar-refractivity contribution in [3.05, 3.63) is 34.9 Å². The first-order valence-electron chi connectivity index (χ1n) is 7.90. The van der Waals surface area contributed by atoms with E-state index < -0.39 is 5.60 Å². The Balaban J connectivity index is 3.99. The number of aldehydes is 1. The van der Waals surface area contributed by atoms with Crippen LogP contribution in [0.5, 0.6) is 0 Å². The van der Waals surface area contributed by atoms with E-state index in [4.69, 9.17) is 0 Å². The van der Waals surface area contributed by atoms with Gasteiger partial charge in [0, 0.05) is 0 Å². The Morgan fingerprint density at radius 3 is 1.86 bits per heavy atom. The predicted molar refractivity (Wildman–Crippen MR) is 91.3 cm³/mol. The molecule has 0 unspecified atom stereocenters. The lowest BCUT2D eigenvalue weighted by molar-refractivity contribution is -0.122. The Labute approximate surface area is 130 Å². The van der Waals surface area contributed by atoms with Gasteiger partial charge in [-0.15, -0.1) is 0 Å². The second kappa shape index (κ2) is 10.6. The predicted octanol–water partition coefficient (Wildman–Crippen LogP) is 5.14. The van der Waals surface area contributed by atoms with Crippen LogP contribution in [0.4, 0.5) is 0 Å². The maximum Gasteiger partial charge on any atom is 0.151 e. The monoisotopic (exact) mass is 292 g/mol. The lowest BCUT2D eigenvalue weighted by atomic mass is 10.0. The zero-order valence-corrected chi connectivity index (χ0v) is 14.4. The van der Waals surface area contributed by atoms with Crippen molar-refractivity contribution in [2.45, 2.75) is 78.7 Å². The third-order valence-corrected chi connectivity index (χ3v) is 3.52. The minimum Gasteiger partial charge on any atom is -0.383 e. The Morgan fingerprint density at radius 2 is 1.38 bits per heavy atom. The Morgan fingerprint density at radius 1 is 0.905 bits per heavy atom. The quantitative estimate of drug-likeness (QED) is 0.447. The molecule has 120 valence electrons. The first kappa shape index (κ1) is 19.9. The van der Waals surface area contributed by atoms with Crippen LogP contribution >= 0.6 is 0 Å². The van der Waals surface area contributed by atoms with Crippen molar-refractivity contribution in [1.82, 2.24) is 0 Å². The van der Waals surface area contributed by atoms with Gasteiger partial charge in [-0.05, 0) is 73.1 Å². The molecule has 0 fully saturated rings. The maximum atomic E-state index is 10.6. The SMILES string of the molecule is CC(C)=CCC/C(C)=C/CC/C(C)=C/CC[C@@](C)(O)C=O. The van der Waals surface area contributed by atoms with E-state index in [-0.39, 0.29) is 0 Å². The molecule has 0 saturated heterocycles. The van der Waals surface area contributed by atoms with Gasteiger partial charge in [-0.2, -0.15) is 0 Å². The lowest BCUT2D eigenvalue weighted by Gasteiger charge is -2.13. The van der Waals surface area contributed by atoms with Crippen LogP contribution < -0.4 is 0 Å². The summed E-state index contributed by atoms with van der Waals surface area (Å²) in [5.41, 5.74) is 2.97. The maximum absolute atomic E-state index is 10.6. The van der Waals surface area contributed by atoms with Gasteiger partial charge in [-0.25, -0.2) is 0 Å². The smallest absolute Gasteiger partial charge is 0.151 e. The summed E-state index contributed by atoms with van der Waals surface area (Å²) in [4.78, 5) is 10.6. The van der Waals surface area contributed by atoms with Crippen molar-refractivity contribution in [2.75, 3.05) is 0 Å². The molecule has 2 nitrogen and oxygen atoms in total. The number of carbonyl (C=O) groups excluding carboxylic acids is 1. The normalized spacial score (nSPS) is 15.5. The fourth-order valence-electron chi connectivity index (χ4n) is 2.01. The van der Waals surface area contributed by atoms with E-state index in [1.807, 2.05) is 0 Å². The number of hydrogen-bond acceptors (Lipinski definition) is 2. The Hall–Kier alpha value is -1.15. The van der Waals surface area contributed by atoms with Crippen LogP contribution in [0.25, 0.3) is 0 Å². The molecule has 1 atom stereocenters. The number of aliphatic hydroxyl groups is 1. The van der Waals surface area contributed by atoms with E-state index in [0.29, 0.717) is 12.7 Å². The molecule has 0 aliphatic heterocycles. The Bertz CT molecular complexity index is 394. The number of carbonyl (C=O) groups is 1. The molecule has 0 rings (SSSR count). The van der Waals surface area contributed by atoms with Crippen molar-refractivity contribution in [3.63, 3.8) is 0 Å². The second-order valence-electron chi connectivity index (χ2n) is 6.47. The molecular formula is C19H32O2. The van der Waals surface area contributed by atoms with Crippen LogP contribution in [0.3, 0.4) is 0 Å². The van der Waals surface area contributed by atoms with E-state index in [9.17, 15) is 9.90 Å². The van der Waals surface area contributed by atoms with Crippen molar-refractivity contribution in [2.24, 2.45) is 0 Å². The van der Waals surface area contributed by atoms with Gasteiger partial charge in [-0.3, -0.25) is 0 Å². The average molecular weight is 292 g/mol. The highest BCUT2D eigenvalue weighted by Crippen LogP contribution is 2.14. The summed E-state index contributed by atoms with van der Waals surface area (Å²) in [6.45, 7) is 10.1. The van der Waals surface area contributed by atoms with E-state index in [1.54, 1.807) is 6.92 Å². The van der Waals surface area contributed by atoms with Gasteiger partial charge in [-0.1, -0.05) is 34.9 Å². The molecule has 0 saturated carbocycles. The summed E-state index contributed by atoms with van der Waals surface area (Å²) < 4.78 is 0. The summed E-state index contributed by atoms with van der Waals surface area (Å²) in [5, 5.41) is 9.59. The molecule has 1 N–H and O–H groups in total. The first-order chi connectivity index (χ1) is 9.76. The summed E-state index contributed by atoms with van der Waals surface area (Å²) >= 11 is 0. The Kier molecular flexibility index (Phi) is 9.98. The molecule has 0 aromatic heterocycles. The minimum absolute atomic E-state index is 0.491. The van der Waals surface area contributed by atoms with E-state index in [0.717, 1.165) is 32.1 Å². The highest BCUT2D eigenvalue weighted by Gasteiger charge is 2.16. The van der Waals surface area contributed by atoms with E-state index in [1.165, 1.54) is 16.7 Å². The molecule has 0 radical (unpaired) electrons. The molecule has 0 aliphatic rings. The molecule has 0 heterocycles. The minimum atomic E-state index is -1.18. The van der Waals surface area contributed by atoms with Crippen LogP contribution in [0, 0.1) is 0 Å². The standard InChI is InChI=1S/C19H32O2/c1-16(2)9-6-10-17(3)11-7-12-18(4)13-8-14-19(5,21)15-20/h9,11,13,15,21H,6-8,10,12,14H2,1-5H3/b17-11+,18-13+/t19-/m1/s1. The van der Waals surface area contributed by atoms with Gasteiger partial charge in [0.15, 0.2) is 6.29 Å². The molecule has 0 aromatic rings. The van der Waals surface area contributed by atoms with Crippen LogP contribution in [0.1, 0.15) is 73.1 Å². The third kappa shape index (κ3) is 12.3. The van der Waals surface area contributed by atoms with Crippen molar-refractivity contribution in [3.8, 4) is 0 Å². The fraction of sp³-hybridized carbons (Fsp3) is 0.632. The van der Waals surface area contributed by atoms with Crippen LogP contribution in [-0.4, -0.2) is 17.0 Å². The van der Waals surface area contributed by atoms with Gasteiger partial charge >= 0.3 is 0 Å². The number of rotatable bonds is 10. The van der Waals surface area contributed by atoms with Gasteiger partial charge in [0.05, 0.1) is 0 Å². The largest absolute Gasteiger partial charge is 0.383 e. The van der Waals surface area contributed by atoms with Gasteiger partial charge in [0.2, 0.25) is 0 Å². The van der Waals surface area contributed by atoms with Crippen LogP contribution in [-0.2, 0) is 4.79 Å². The zero-order valence-electron chi connectivity index (χ0n) is 14.4. The molecule has 0 aliphatic carbocycles. The summed E-state index contributed by atoms with van der Waals surface area (Å²) in [6, 6.07) is 0.